The largest absolute Gasteiger partial charge is 0.493 e. The van der Waals surface area contributed by atoms with Crippen molar-refractivity contribution in [3.8, 4) is 11.5 Å². The van der Waals surface area contributed by atoms with Crippen LogP contribution in [0.1, 0.15) is 11.1 Å². The van der Waals surface area contributed by atoms with Gasteiger partial charge in [-0.15, -0.1) is 0 Å². The molecule has 4 amide bonds. The number of carbonyl (C=O) groups is 3. The van der Waals surface area contributed by atoms with Crippen LogP contribution in [0.2, 0.25) is 0 Å². The van der Waals surface area contributed by atoms with E-state index >= 15 is 0 Å². The molecule has 0 spiro atoms. The summed E-state index contributed by atoms with van der Waals surface area (Å²) in [5.41, 5.74) is 2.55. The van der Waals surface area contributed by atoms with Crippen molar-refractivity contribution in [2.45, 2.75) is 6.92 Å². The summed E-state index contributed by atoms with van der Waals surface area (Å²) in [6.45, 7) is 1.77. The lowest BCUT2D eigenvalue weighted by Gasteiger charge is -2.12. The second-order valence-electron chi connectivity index (χ2n) is 6.08. The van der Waals surface area contributed by atoms with Crippen molar-refractivity contribution in [2.75, 3.05) is 19.0 Å². The van der Waals surface area contributed by atoms with E-state index in [1.165, 1.54) is 13.2 Å². The van der Waals surface area contributed by atoms with Crippen LogP contribution in [0.15, 0.2) is 48.2 Å². The number of hydrogen-bond donors (Lipinski definition) is 3. The maximum Gasteiger partial charge on any atom is 0.326 e. The topological polar surface area (TPSA) is 106 Å². The second kappa shape index (κ2) is 8.26. The van der Waals surface area contributed by atoms with Crippen LogP contribution in [0.3, 0.4) is 0 Å². The standard InChI is InChI=1S/C20H19N3O5/c1-12-3-6-14(7-4-12)21-18(24)11-28-16-8-5-13(10-17(16)27-2)9-15-19(25)23-20(26)22-15/h3-10H,11H2,1-2H3,(H,21,24)(H2,22,23,25,26). The van der Waals surface area contributed by atoms with Crippen LogP contribution in [0.5, 0.6) is 11.5 Å². The first kappa shape index (κ1) is 19.0. The first-order valence-electron chi connectivity index (χ1n) is 8.46. The summed E-state index contributed by atoms with van der Waals surface area (Å²) >= 11 is 0. The molecular formula is C20H19N3O5. The highest BCUT2D eigenvalue weighted by atomic mass is 16.5. The predicted octanol–water partition coefficient (Wildman–Crippen LogP) is 2.20. The molecule has 0 atom stereocenters. The van der Waals surface area contributed by atoms with Gasteiger partial charge in [-0.2, -0.15) is 0 Å². The molecule has 1 aliphatic rings. The fourth-order valence-electron chi connectivity index (χ4n) is 2.52. The molecule has 1 aliphatic heterocycles. The summed E-state index contributed by atoms with van der Waals surface area (Å²) in [7, 11) is 1.47. The molecule has 0 saturated carbocycles. The van der Waals surface area contributed by atoms with Gasteiger partial charge in [-0.25, -0.2) is 4.79 Å². The van der Waals surface area contributed by atoms with Crippen LogP contribution < -0.4 is 25.4 Å². The maximum absolute atomic E-state index is 12.1. The lowest BCUT2D eigenvalue weighted by molar-refractivity contribution is -0.118. The third kappa shape index (κ3) is 4.67. The van der Waals surface area contributed by atoms with Crippen molar-refractivity contribution in [3.63, 3.8) is 0 Å². The van der Waals surface area contributed by atoms with Crippen LogP contribution in [-0.4, -0.2) is 31.6 Å². The Hall–Kier alpha value is -3.81. The Bertz CT molecular complexity index is 951. The number of imide groups is 1. The summed E-state index contributed by atoms with van der Waals surface area (Å²) in [5, 5.41) is 7.28. The van der Waals surface area contributed by atoms with Gasteiger partial charge < -0.3 is 20.1 Å². The summed E-state index contributed by atoms with van der Waals surface area (Å²) in [6, 6.07) is 11.8. The van der Waals surface area contributed by atoms with E-state index < -0.39 is 11.9 Å². The Kier molecular flexibility index (Phi) is 5.59. The minimum Gasteiger partial charge on any atom is -0.493 e. The van der Waals surface area contributed by atoms with Crippen LogP contribution in [-0.2, 0) is 9.59 Å². The highest BCUT2D eigenvalue weighted by Crippen LogP contribution is 2.29. The molecule has 2 aromatic rings. The predicted molar refractivity (Wildman–Crippen MR) is 103 cm³/mol. The van der Waals surface area contributed by atoms with E-state index in [0.29, 0.717) is 22.7 Å². The summed E-state index contributed by atoms with van der Waals surface area (Å²) in [4.78, 5) is 34.8. The van der Waals surface area contributed by atoms with Crippen LogP contribution >= 0.6 is 0 Å². The quantitative estimate of drug-likeness (QED) is 0.525. The number of methoxy groups -OCH3 is 1. The molecule has 0 aromatic heterocycles. The van der Waals surface area contributed by atoms with E-state index in [2.05, 4.69) is 16.0 Å². The molecule has 3 N–H and O–H groups in total. The highest BCUT2D eigenvalue weighted by Gasteiger charge is 2.22. The second-order valence-corrected chi connectivity index (χ2v) is 6.08. The van der Waals surface area contributed by atoms with Crippen LogP contribution in [0, 0.1) is 6.92 Å². The third-order valence-electron chi connectivity index (χ3n) is 3.91. The van der Waals surface area contributed by atoms with E-state index in [-0.39, 0.29) is 18.2 Å². The lowest BCUT2D eigenvalue weighted by atomic mass is 10.1. The summed E-state index contributed by atoms with van der Waals surface area (Å²) < 4.78 is 10.8. The van der Waals surface area contributed by atoms with E-state index in [1.54, 1.807) is 18.2 Å². The van der Waals surface area contributed by atoms with Gasteiger partial charge in [0.15, 0.2) is 18.1 Å². The molecule has 0 aliphatic carbocycles. The molecular weight excluding hydrogens is 362 g/mol. The molecule has 0 radical (unpaired) electrons. The highest BCUT2D eigenvalue weighted by molar-refractivity contribution is 6.14. The van der Waals surface area contributed by atoms with Gasteiger partial charge in [-0.1, -0.05) is 23.8 Å². The molecule has 1 saturated heterocycles. The first-order chi connectivity index (χ1) is 13.4. The molecule has 28 heavy (non-hydrogen) atoms. The number of carbonyl (C=O) groups excluding carboxylic acids is 3. The van der Waals surface area contributed by atoms with Crippen molar-refractivity contribution in [1.29, 1.82) is 0 Å². The molecule has 0 unspecified atom stereocenters. The molecule has 2 aromatic carbocycles. The third-order valence-corrected chi connectivity index (χ3v) is 3.91. The zero-order valence-corrected chi connectivity index (χ0v) is 15.4. The first-order valence-corrected chi connectivity index (χ1v) is 8.46. The SMILES string of the molecule is COc1cc(C=C2NC(=O)NC2=O)ccc1OCC(=O)Nc1ccc(C)cc1. The average molecular weight is 381 g/mol. The Morgan fingerprint density at radius 2 is 1.82 bits per heavy atom. The molecule has 8 nitrogen and oxygen atoms in total. The smallest absolute Gasteiger partial charge is 0.326 e. The Morgan fingerprint density at radius 3 is 2.46 bits per heavy atom. The number of benzene rings is 2. The van der Waals surface area contributed by atoms with Crippen molar-refractivity contribution in [3.05, 3.63) is 59.3 Å². The number of anilines is 1. The van der Waals surface area contributed by atoms with E-state index in [4.69, 9.17) is 9.47 Å². The summed E-state index contributed by atoms with van der Waals surface area (Å²) in [5.74, 6) is -0.0367. The number of rotatable bonds is 6. The van der Waals surface area contributed by atoms with Crippen molar-refractivity contribution in [2.24, 2.45) is 0 Å². The Morgan fingerprint density at radius 1 is 1.07 bits per heavy atom. The number of amides is 4. The normalized spacial score (nSPS) is 14.4. The average Bonchev–Trinajstić information content (AvgIpc) is 2.99. The molecule has 0 bridgehead atoms. The van der Waals surface area contributed by atoms with Gasteiger partial charge in [0.05, 0.1) is 7.11 Å². The van der Waals surface area contributed by atoms with Gasteiger partial charge in [0.2, 0.25) is 0 Å². The number of hydrogen-bond acceptors (Lipinski definition) is 5. The van der Waals surface area contributed by atoms with Crippen LogP contribution in [0.4, 0.5) is 10.5 Å². The summed E-state index contributed by atoms with van der Waals surface area (Å²) in [6.07, 6.45) is 1.51. The van der Waals surface area contributed by atoms with E-state index in [0.717, 1.165) is 5.56 Å². The van der Waals surface area contributed by atoms with E-state index in [9.17, 15) is 14.4 Å². The fraction of sp³-hybridized carbons (Fsp3) is 0.150. The minimum atomic E-state index is -0.567. The molecule has 144 valence electrons. The zero-order chi connectivity index (χ0) is 20.1. The molecule has 1 heterocycles. The van der Waals surface area contributed by atoms with Gasteiger partial charge in [-0.05, 0) is 42.8 Å². The molecule has 3 rings (SSSR count). The Labute approximate surface area is 161 Å². The maximum atomic E-state index is 12.1. The number of ether oxygens (including phenoxy) is 2. The number of aryl methyl sites for hydroxylation is 1. The van der Waals surface area contributed by atoms with Crippen molar-refractivity contribution < 1.29 is 23.9 Å². The monoisotopic (exact) mass is 381 g/mol. The van der Waals surface area contributed by atoms with Gasteiger partial charge in [0, 0.05) is 5.69 Å². The number of urea groups is 1. The number of nitrogens with one attached hydrogen (secondary N) is 3. The Balaban J connectivity index is 1.64. The fourth-order valence-corrected chi connectivity index (χ4v) is 2.52. The van der Waals surface area contributed by atoms with Crippen molar-refractivity contribution >= 4 is 29.6 Å². The van der Waals surface area contributed by atoms with Crippen molar-refractivity contribution in [1.82, 2.24) is 10.6 Å². The van der Waals surface area contributed by atoms with Crippen LogP contribution in [0.25, 0.3) is 6.08 Å². The van der Waals surface area contributed by atoms with E-state index in [1.807, 2.05) is 31.2 Å². The lowest BCUT2D eigenvalue weighted by Crippen LogP contribution is -2.22. The molecule has 8 heteroatoms. The zero-order valence-electron chi connectivity index (χ0n) is 15.4. The minimum absolute atomic E-state index is 0.137. The molecule has 1 fully saturated rings. The van der Waals surface area contributed by atoms with Gasteiger partial charge >= 0.3 is 6.03 Å². The van der Waals surface area contributed by atoms with Gasteiger partial charge in [0.25, 0.3) is 11.8 Å². The van der Waals surface area contributed by atoms with Gasteiger partial charge in [0.1, 0.15) is 5.70 Å². The van der Waals surface area contributed by atoms with Gasteiger partial charge in [-0.3, -0.25) is 14.9 Å².